The van der Waals surface area contributed by atoms with E-state index in [1.54, 1.807) is 7.11 Å². The van der Waals surface area contributed by atoms with Gasteiger partial charge in [-0.3, -0.25) is 0 Å². The summed E-state index contributed by atoms with van der Waals surface area (Å²) in [6.45, 7) is 6.65. The van der Waals surface area contributed by atoms with Gasteiger partial charge in [-0.15, -0.1) is 0 Å². The van der Waals surface area contributed by atoms with Gasteiger partial charge >= 0.3 is 0 Å². The summed E-state index contributed by atoms with van der Waals surface area (Å²) < 4.78 is 10.6. The van der Waals surface area contributed by atoms with Crippen LogP contribution in [0.2, 0.25) is 0 Å². The van der Waals surface area contributed by atoms with Gasteiger partial charge in [0.1, 0.15) is 0 Å². The number of methoxy groups -OCH3 is 1. The lowest BCUT2D eigenvalue weighted by Crippen LogP contribution is -2.37. The molecule has 0 aliphatic heterocycles. The molecule has 1 aliphatic carbocycles. The highest BCUT2D eigenvalue weighted by atomic mass is 16.5. The minimum Gasteiger partial charge on any atom is -0.383 e. The summed E-state index contributed by atoms with van der Waals surface area (Å²) in [5, 5.41) is 3.47. The van der Waals surface area contributed by atoms with Gasteiger partial charge in [0.05, 0.1) is 13.2 Å². The Morgan fingerprint density at radius 2 is 2.00 bits per heavy atom. The van der Waals surface area contributed by atoms with Crippen molar-refractivity contribution in [2.24, 2.45) is 5.41 Å². The maximum atomic E-state index is 5.61. The van der Waals surface area contributed by atoms with Gasteiger partial charge in [-0.05, 0) is 19.8 Å². The molecule has 15 heavy (non-hydrogen) atoms. The third-order valence-corrected chi connectivity index (χ3v) is 3.26. The zero-order valence-corrected chi connectivity index (χ0v) is 10.2. The maximum absolute atomic E-state index is 5.61. The van der Waals surface area contributed by atoms with Gasteiger partial charge < -0.3 is 14.8 Å². The summed E-state index contributed by atoms with van der Waals surface area (Å²) in [6, 6.07) is 0. The van der Waals surface area contributed by atoms with Gasteiger partial charge in [-0.1, -0.05) is 12.8 Å². The molecular formula is C12H25NO2. The molecule has 0 radical (unpaired) electrons. The highest BCUT2D eigenvalue weighted by Gasteiger charge is 2.33. The van der Waals surface area contributed by atoms with Gasteiger partial charge in [0, 0.05) is 32.2 Å². The zero-order valence-electron chi connectivity index (χ0n) is 10.2. The minimum absolute atomic E-state index is 0.406. The summed E-state index contributed by atoms with van der Waals surface area (Å²) in [5.74, 6) is 0. The van der Waals surface area contributed by atoms with Crippen LogP contribution in [-0.2, 0) is 9.47 Å². The van der Waals surface area contributed by atoms with Crippen molar-refractivity contribution in [3.8, 4) is 0 Å². The molecule has 0 bridgehead atoms. The molecule has 0 aromatic rings. The first kappa shape index (κ1) is 12.9. The second kappa shape index (κ2) is 7.20. The number of hydrogen-bond acceptors (Lipinski definition) is 3. The summed E-state index contributed by atoms with van der Waals surface area (Å²) in [6.07, 6.45) is 5.35. The number of ether oxygens (including phenoxy) is 2. The van der Waals surface area contributed by atoms with E-state index in [9.17, 15) is 0 Å². The van der Waals surface area contributed by atoms with E-state index in [0.717, 1.165) is 32.9 Å². The van der Waals surface area contributed by atoms with Crippen LogP contribution in [0.15, 0.2) is 0 Å². The molecule has 1 saturated carbocycles. The van der Waals surface area contributed by atoms with Gasteiger partial charge in [0.2, 0.25) is 0 Å². The van der Waals surface area contributed by atoms with E-state index in [1.807, 2.05) is 0 Å². The van der Waals surface area contributed by atoms with Crippen molar-refractivity contribution < 1.29 is 9.47 Å². The molecule has 0 aromatic heterocycles. The van der Waals surface area contributed by atoms with Crippen molar-refractivity contribution >= 4 is 0 Å². The third-order valence-electron chi connectivity index (χ3n) is 3.26. The predicted octanol–water partition coefficient (Wildman–Crippen LogP) is 1.82. The molecule has 0 atom stereocenters. The molecule has 1 rings (SSSR count). The van der Waals surface area contributed by atoms with E-state index in [4.69, 9.17) is 9.47 Å². The number of hydrogen-bond donors (Lipinski definition) is 1. The first-order valence-electron chi connectivity index (χ1n) is 6.10. The lowest BCUT2D eigenvalue weighted by atomic mass is 9.87. The van der Waals surface area contributed by atoms with Crippen LogP contribution in [0.1, 0.15) is 32.6 Å². The van der Waals surface area contributed by atoms with E-state index >= 15 is 0 Å². The Morgan fingerprint density at radius 3 is 2.60 bits per heavy atom. The molecule has 3 heteroatoms. The minimum atomic E-state index is 0.406. The topological polar surface area (TPSA) is 30.5 Å². The lowest BCUT2D eigenvalue weighted by molar-refractivity contribution is 0.0525. The number of rotatable bonds is 8. The fourth-order valence-corrected chi connectivity index (χ4v) is 2.34. The SMILES string of the molecule is CCOCC1(CNCCOC)CCCC1. The maximum Gasteiger partial charge on any atom is 0.0587 e. The van der Waals surface area contributed by atoms with Crippen LogP contribution in [0.4, 0.5) is 0 Å². The Morgan fingerprint density at radius 1 is 1.27 bits per heavy atom. The Balaban J connectivity index is 2.23. The molecule has 1 N–H and O–H groups in total. The second-order valence-electron chi connectivity index (χ2n) is 4.51. The fraction of sp³-hybridized carbons (Fsp3) is 1.00. The predicted molar refractivity (Wildman–Crippen MR) is 62.1 cm³/mol. The highest BCUT2D eigenvalue weighted by Crippen LogP contribution is 2.37. The van der Waals surface area contributed by atoms with Gasteiger partial charge in [0.25, 0.3) is 0 Å². The molecule has 90 valence electrons. The van der Waals surface area contributed by atoms with Gasteiger partial charge in [-0.2, -0.15) is 0 Å². The van der Waals surface area contributed by atoms with Crippen LogP contribution in [0.3, 0.4) is 0 Å². The number of nitrogens with one attached hydrogen (secondary N) is 1. The van der Waals surface area contributed by atoms with Crippen LogP contribution in [0.5, 0.6) is 0 Å². The van der Waals surface area contributed by atoms with E-state index < -0.39 is 0 Å². The molecule has 0 saturated heterocycles. The molecule has 0 heterocycles. The molecule has 1 fully saturated rings. The summed E-state index contributed by atoms with van der Waals surface area (Å²) in [7, 11) is 1.74. The van der Waals surface area contributed by atoms with E-state index in [1.165, 1.54) is 25.7 Å². The lowest BCUT2D eigenvalue weighted by Gasteiger charge is -2.29. The Kier molecular flexibility index (Phi) is 6.22. The van der Waals surface area contributed by atoms with Crippen LogP contribution in [0.25, 0.3) is 0 Å². The standard InChI is InChI=1S/C12H25NO2/c1-3-15-11-12(6-4-5-7-12)10-13-8-9-14-2/h13H,3-11H2,1-2H3. The molecule has 3 nitrogen and oxygen atoms in total. The summed E-state index contributed by atoms with van der Waals surface area (Å²) >= 11 is 0. The van der Waals surface area contributed by atoms with Gasteiger partial charge in [-0.25, -0.2) is 0 Å². The molecule has 0 aromatic carbocycles. The van der Waals surface area contributed by atoms with Gasteiger partial charge in [0.15, 0.2) is 0 Å². The first-order chi connectivity index (χ1) is 7.33. The smallest absolute Gasteiger partial charge is 0.0587 e. The van der Waals surface area contributed by atoms with E-state index in [0.29, 0.717) is 5.41 Å². The monoisotopic (exact) mass is 215 g/mol. The third kappa shape index (κ3) is 4.49. The molecule has 1 aliphatic rings. The average Bonchev–Trinajstić information content (AvgIpc) is 2.71. The molecule has 0 amide bonds. The molecule has 0 unspecified atom stereocenters. The summed E-state index contributed by atoms with van der Waals surface area (Å²) in [4.78, 5) is 0. The van der Waals surface area contributed by atoms with Crippen molar-refractivity contribution in [2.45, 2.75) is 32.6 Å². The van der Waals surface area contributed by atoms with Crippen LogP contribution in [0, 0.1) is 5.41 Å². The van der Waals surface area contributed by atoms with E-state index in [-0.39, 0.29) is 0 Å². The highest BCUT2D eigenvalue weighted by molar-refractivity contribution is 4.86. The average molecular weight is 215 g/mol. The Labute approximate surface area is 93.5 Å². The van der Waals surface area contributed by atoms with Crippen molar-refractivity contribution in [3.63, 3.8) is 0 Å². The largest absolute Gasteiger partial charge is 0.383 e. The van der Waals surface area contributed by atoms with E-state index in [2.05, 4.69) is 12.2 Å². The fourth-order valence-electron chi connectivity index (χ4n) is 2.34. The zero-order chi connectivity index (χ0) is 11.0. The van der Waals surface area contributed by atoms with Crippen LogP contribution >= 0.6 is 0 Å². The Bertz CT molecular complexity index is 156. The second-order valence-corrected chi connectivity index (χ2v) is 4.51. The Hall–Kier alpha value is -0.120. The van der Waals surface area contributed by atoms with Crippen molar-refractivity contribution in [3.05, 3.63) is 0 Å². The quantitative estimate of drug-likeness (QED) is 0.627. The summed E-state index contributed by atoms with van der Waals surface area (Å²) in [5.41, 5.74) is 0.406. The first-order valence-corrected chi connectivity index (χ1v) is 6.10. The molecular weight excluding hydrogens is 190 g/mol. The molecule has 0 spiro atoms. The van der Waals surface area contributed by atoms with Crippen molar-refractivity contribution in [2.75, 3.05) is 40.0 Å². The van der Waals surface area contributed by atoms with Crippen LogP contribution in [-0.4, -0.2) is 40.0 Å². The normalized spacial score (nSPS) is 19.6. The van der Waals surface area contributed by atoms with Crippen molar-refractivity contribution in [1.82, 2.24) is 5.32 Å². The van der Waals surface area contributed by atoms with Crippen molar-refractivity contribution in [1.29, 1.82) is 0 Å². The van der Waals surface area contributed by atoms with Crippen LogP contribution < -0.4 is 5.32 Å².